The maximum absolute atomic E-state index is 12.8. The van der Waals surface area contributed by atoms with E-state index < -0.39 is 22.6 Å². The van der Waals surface area contributed by atoms with Crippen LogP contribution in [0.3, 0.4) is 0 Å². The molecular formula is C23H28N2O5S. The lowest BCUT2D eigenvalue weighted by atomic mass is 9.95. The van der Waals surface area contributed by atoms with Crippen molar-refractivity contribution < 1.29 is 22.7 Å². The average molecular weight is 445 g/mol. The number of sulfonamides is 1. The molecule has 1 amide bonds. The second kappa shape index (κ2) is 9.96. The first-order valence-electron chi connectivity index (χ1n) is 10.4. The molecular weight excluding hydrogens is 416 g/mol. The van der Waals surface area contributed by atoms with Crippen LogP contribution in [0.2, 0.25) is 0 Å². The minimum atomic E-state index is -3.89. The van der Waals surface area contributed by atoms with E-state index in [0.29, 0.717) is 11.3 Å². The van der Waals surface area contributed by atoms with Crippen molar-refractivity contribution >= 4 is 27.6 Å². The van der Waals surface area contributed by atoms with E-state index in [1.165, 1.54) is 18.6 Å². The molecule has 0 radical (unpaired) electrons. The van der Waals surface area contributed by atoms with Gasteiger partial charge in [0.1, 0.15) is 0 Å². The summed E-state index contributed by atoms with van der Waals surface area (Å²) in [4.78, 5) is 24.6. The molecule has 1 aliphatic carbocycles. The minimum absolute atomic E-state index is 0.0572. The Hall–Kier alpha value is -2.87. The van der Waals surface area contributed by atoms with Crippen LogP contribution in [0.4, 0.5) is 5.69 Å². The number of benzene rings is 2. The standard InChI is InChI=1S/C23H28N2O5S/c1-16-7-6-10-19(13-16)25-31(28,29)20-12-11-17(2)21(14-20)23(27)30-15-22(26)24-18-8-4-3-5-9-18/h6-7,10-14,18,25H,3-5,8-9,15H2,1-2H3,(H,24,26). The van der Waals surface area contributed by atoms with Crippen molar-refractivity contribution in [2.75, 3.05) is 11.3 Å². The lowest BCUT2D eigenvalue weighted by Gasteiger charge is -2.22. The van der Waals surface area contributed by atoms with Crippen LogP contribution >= 0.6 is 0 Å². The fraction of sp³-hybridized carbons (Fsp3) is 0.391. The van der Waals surface area contributed by atoms with E-state index in [1.54, 1.807) is 31.2 Å². The van der Waals surface area contributed by atoms with Crippen molar-refractivity contribution in [2.45, 2.75) is 56.9 Å². The molecule has 0 spiro atoms. The Morgan fingerprint density at radius 3 is 2.48 bits per heavy atom. The summed E-state index contributed by atoms with van der Waals surface area (Å²) in [6.07, 6.45) is 5.22. The number of nitrogens with one attached hydrogen (secondary N) is 2. The van der Waals surface area contributed by atoms with Gasteiger partial charge in [-0.25, -0.2) is 13.2 Å². The molecule has 2 aromatic rings. The summed E-state index contributed by atoms with van der Waals surface area (Å²) in [6.45, 7) is 3.15. The number of carbonyl (C=O) groups is 2. The second-order valence-corrected chi connectivity index (χ2v) is 9.61. The number of carbonyl (C=O) groups excluding carboxylic acids is 2. The number of hydrogen-bond acceptors (Lipinski definition) is 5. The lowest BCUT2D eigenvalue weighted by molar-refractivity contribution is -0.125. The molecule has 0 bridgehead atoms. The van der Waals surface area contributed by atoms with Crippen LogP contribution in [-0.4, -0.2) is 32.9 Å². The normalized spacial score (nSPS) is 14.6. The van der Waals surface area contributed by atoms with Gasteiger partial charge in [0.05, 0.1) is 10.5 Å². The Morgan fingerprint density at radius 1 is 1.03 bits per heavy atom. The summed E-state index contributed by atoms with van der Waals surface area (Å²) in [5.41, 5.74) is 2.02. The van der Waals surface area contributed by atoms with Gasteiger partial charge in [0.25, 0.3) is 15.9 Å². The number of ether oxygens (including phenoxy) is 1. The van der Waals surface area contributed by atoms with E-state index in [4.69, 9.17) is 4.74 Å². The first-order chi connectivity index (χ1) is 14.7. The van der Waals surface area contributed by atoms with Gasteiger partial charge >= 0.3 is 5.97 Å². The van der Waals surface area contributed by atoms with Gasteiger partial charge in [-0.15, -0.1) is 0 Å². The minimum Gasteiger partial charge on any atom is -0.452 e. The van der Waals surface area contributed by atoms with Crippen LogP contribution in [0.15, 0.2) is 47.4 Å². The predicted molar refractivity (Wildman–Crippen MR) is 118 cm³/mol. The molecule has 0 saturated heterocycles. The van der Waals surface area contributed by atoms with Crippen LogP contribution in [0, 0.1) is 13.8 Å². The van der Waals surface area contributed by atoms with Crippen LogP contribution in [0.25, 0.3) is 0 Å². The molecule has 3 rings (SSSR count). The van der Waals surface area contributed by atoms with Crippen molar-refractivity contribution in [2.24, 2.45) is 0 Å². The molecule has 1 aliphatic rings. The zero-order chi connectivity index (χ0) is 22.4. The monoisotopic (exact) mass is 444 g/mol. The maximum atomic E-state index is 12.8. The van der Waals surface area contributed by atoms with Crippen molar-refractivity contribution in [1.82, 2.24) is 5.32 Å². The largest absolute Gasteiger partial charge is 0.452 e. The molecule has 0 heterocycles. The Labute approximate surface area is 183 Å². The fourth-order valence-corrected chi connectivity index (χ4v) is 4.71. The van der Waals surface area contributed by atoms with E-state index in [1.807, 2.05) is 13.0 Å². The first kappa shape index (κ1) is 22.8. The first-order valence-corrected chi connectivity index (χ1v) is 11.9. The molecule has 0 aliphatic heterocycles. The second-order valence-electron chi connectivity index (χ2n) is 7.93. The predicted octanol–water partition coefficient (Wildman–Crippen LogP) is 3.71. The Balaban J connectivity index is 1.66. The number of aryl methyl sites for hydroxylation is 2. The third kappa shape index (κ3) is 6.30. The number of hydrogen-bond donors (Lipinski definition) is 2. The Morgan fingerprint density at radius 2 is 1.77 bits per heavy atom. The molecule has 0 unspecified atom stereocenters. The summed E-state index contributed by atoms with van der Waals surface area (Å²) in [6, 6.07) is 11.4. The zero-order valence-electron chi connectivity index (χ0n) is 17.8. The molecule has 8 heteroatoms. The molecule has 166 valence electrons. The topological polar surface area (TPSA) is 102 Å². The van der Waals surface area contributed by atoms with Crippen LogP contribution in [-0.2, 0) is 19.6 Å². The van der Waals surface area contributed by atoms with E-state index in [9.17, 15) is 18.0 Å². The molecule has 0 aromatic heterocycles. The van der Waals surface area contributed by atoms with Gasteiger partial charge in [0, 0.05) is 11.7 Å². The molecule has 7 nitrogen and oxygen atoms in total. The molecule has 2 aromatic carbocycles. The van der Waals surface area contributed by atoms with Gasteiger partial charge in [-0.05, 0) is 62.1 Å². The summed E-state index contributed by atoms with van der Waals surface area (Å²) in [5, 5.41) is 2.89. The number of anilines is 1. The summed E-state index contributed by atoms with van der Waals surface area (Å²) < 4.78 is 33.2. The van der Waals surface area contributed by atoms with E-state index in [0.717, 1.165) is 31.2 Å². The number of rotatable bonds is 7. The molecule has 0 atom stereocenters. The summed E-state index contributed by atoms with van der Waals surface area (Å²) in [5.74, 6) is -1.08. The van der Waals surface area contributed by atoms with E-state index in [-0.39, 0.29) is 22.4 Å². The van der Waals surface area contributed by atoms with Crippen molar-refractivity contribution in [3.05, 3.63) is 59.2 Å². The molecule has 1 fully saturated rings. The van der Waals surface area contributed by atoms with Gasteiger partial charge in [0.2, 0.25) is 0 Å². The Bertz CT molecular complexity index is 1060. The number of amides is 1. The van der Waals surface area contributed by atoms with Crippen molar-refractivity contribution in [1.29, 1.82) is 0 Å². The summed E-state index contributed by atoms with van der Waals surface area (Å²) >= 11 is 0. The average Bonchev–Trinajstić information content (AvgIpc) is 2.72. The maximum Gasteiger partial charge on any atom is 0.338 e. The number of esters is 1. The van der Waals surface area contributed by atoms with Gasteiger partial charge in [-0.2, -0.15) is 0 Å². The highest BCUT2D eigenvalue weighted by atomic mass is 32.2. The van der Waals surface area contributed by atoms with Crippen molar-refractivity contribution in [3.8, 4) is 0 Å². The highest BCUT2D eigenvalue weighted by molar-refractivity contribution is 7.92. The van der Waals surface area contributed by atoms with Gasteiger partial charge in [-0.3, -0.25) is 9.52 Å². The smallest absolute Gasteiger partial charge is 0.338 e. The van der Waals surface area contributed by atoms with E-state index >= 15 is 0 Å². The molecule has 31 heavy (non-hydrogen) atoms. The highest BCUT2D eigenvalue weighted by Gasteiger charge is 2.21. The third-order valence-electron chi connectivity index (χ3n) is 5.31. The van der Waals surface area contributed by atoms with Gasteiger partial charge in [0.15, 0.2) is 6.61 Å². The summed E-state index contributed by atoms with van der Waals surface area (Å²) in [7, 11) is -3.89. The van der Waals surface area contributed by atoms with E-state index in [2.05, 4.69) is 10.0 Å². The fourth-order valence-electron chi connectivity index (χ4n) is 3.64. The highest BCUT2D eigenvalue weighted by Crippen LogP contribution is 2.21. The Kier molecular flexibility index (Phi) is 7.33. The van der Waals surface area contributed by atoms with Gasteiger partial charge < -0.3 is 10.1 Å². The van der Waals surface area contributed by atoms with Crippen LogP contribution < -0.4 is 10.0 Å². The third-order valence-corrected chi connectivity index (χ3v) is 6.69. The van der Waals surface area contributed by atoms with Crippen LogP contribution in [0.5, 0.6) is 0 Å². The van der Waals surface area contributed by atoms with Crippen LogP contribution in [0.1, 0.15) is 53.6 Å². The lowest BCUT2D eigenvalue weighted by Crippen LogP contribution is -2.38. The quantitative estimate of drug-likeness (QED) is 0.634. The SMILES string of the molecule is Cc1cccc(NS(=O)(=O)c2ccc(C)c(C(=O)OCC(=O)NC3CCCCC3)c2)c1. The molecule has 1 saturated carbocycles. The van der Waals surface area contributed by atoms with Crippen molar-refractivity contribution in [3.63, 3.8) is 0 Å². The zero-order valence-corrected chi connectivity index (χ0v) is 18.6. The molecule has 2 N–H and O–H groups in total. The van der Waals surface area contributed by atoms with Gasteiger partial charge in [-0.1, -0.05) is 37.5 Å².